The van der Waals surface area contributed by atoms with E-state index in [4.69, 9.17) is 11.6 Å². The van der Waals surface area contributed by atoms with Crippen molar-refractivity contribution in [3.63, 3.8) is 0 Å². The molecule has 0 fully saturated rings. The second kappa shape index (κ2) is 11.5. The molecule has 0 amide bonds. The molecule has 208 valence electrons. The van der Waals surface area contributed by atoms with Crippen molar-refractivity contribution in [1.82, 2.24) is 0 Å². The van der Waals surface area contributed by atoms with Crippen LogP contribution in [0.4, 0.5) is 0 Å². The number of alkyl halides is 1. The molecular weight excluding hydrogens is 601 g/mol. The van der Waals surface area contributed by atoms with Crippen LogP contribution in [0.3, 0.4) is 0 Å². The summed E-state index contributed by atoms with van der Waals surface area (Å²) in [5.41, 5.74) is 6.31. The molecule has 0 aromatic carbocycles. The normalized spacial score (nSPS) is 14.2. The van der Waals surface area contributed by atoms with Gasteiger partial charge in [-0.15, -0.1) is 19.1 Å². The van der Waals surface area contributed by atoms with Gasteiger partial charge in [-0.25, -0.2) is 0 Å². The van der Waals surface area contributed by atoms with Crippen LogP contribution in [0.25, 0.3) is 0 Å². The van der Waals surface area contributed by atoms with E-state index < -0.39 is 32.3 Å². The predicted molar refractivity (Wildman–Crippen MR) is 196 cm³/mol. The summed E-state index contributed by atoms with van der Waals surface area (Å²) >= 11 is 6.66. The second-order valence-electron chi connectivity index (χ2n) is 14.3. The van der Waals surface area contributed by atoms with Crippen LogP contribution in [0.1, 0.15) is 22.3 Å². The van der Waals surface area contributed by atoms with Crippen LogP contribution in [-0.4, -0.2) is 38.2 Å². The highest BCUT2D eigenvalue weighted by atomic mass is 35.5. The number of hydrogen-bond donors (Lipinski definition) is 0. The van der Waals surface area contributed by atoms with Crippen molar-refractivity contribution in [2.24, 2.45) is 0 Å². The Morgan fingerprint density at radius 3 is 1.24 bits per heavy atom. The first-order valence-corrected chi connectivity index (χ1v) is 30.8. The Morgan fingerprint density at radius 2 is 0.947 bits per heavy atom. The Hall–Kier alpha value is 0.238. The Kier molecular flexibility index (Phi) is 9.90. The molecule has 0 radical (unpaired) electrons. The summed E-state index contributed by atoms with van der Waals surface area (Å²) in [6.45, 7) is 35.4. The van der Waals surface area contributed by atoms with E-state index in [1.165, 1.54) is 27.5 Å². The molecule has 3 aromatic heterocycles. The zero-order chi connectivity index (χ0) is 29.0. The van der Waals surface area contributed by atoms with E-state index in [1.807, 2.05) is 9.84 Å². The van der Waals surface area contributed by atoms with Gasteiger partial charge in [0.2, 0.25) is 0 Å². The van der Waals surface area contributed by atoms with Crippen molar-refractivity contribution in [3.8, 4) is 0 Å². The maximum absolute atomic E-state index is 6.66. The average molecular weight is 651 g/mol. The van der Waals surface area contributed by atoms with Crippen molar-refractivity contribution in [2.75, 3.05) is 5.88 Å². The van der Waals surface area contributed by atoms with E-state index in [0.717, 1.165) is 12.0 Å². The minimum atomic E-state index is -1.87. The molecule has 38 heavy (non-hydrogen) atoms. The van der Waals surface area contributed by atoms with Crippen molar-refractivity contribution in [3.05, 3.63) is 46.5 Å². The molecule has 3 rings (SSSR count). The molecule has 0 N–H and O–H groups in total. The van der Waals surface area contributed by atoms with Gasteiger partial charge >= 0.3 is 0 Å². The third-order valence-electron chi connectivity index (χ3n) is 8.22. The fraction of sp³-hybridized carbons (Fsp3) is 0.533. The molecule has 0 unspecified atom stereocenters. The van der Waals surface area contributed by atoms with E-state index >= 15 is 0 Å². The van der Waals surface area contributed by atoms with Crippen LogP contribution in [0, 0.1) is 27.7 Å². The summed E-state index contributed by atoms with van der Waals surface area (Å²) in [5, 5.41) is 0. The smallest absolute Gasteiger partial charge is 0.123 e. The summed E-state index contributed by atoms with van der Waals surface area (Å²) in [7, 11) is -3.77. The second-order valence-corrected chi connectivity index (χ2v) is 40.2. The summed E-state index contributed by atoms with van der Waals surface area (Å²) in [5.74, 6) is 0.762. The lowest BCUT2D eigenvalue weighted by Gasteiger charge is -2.32. The Morgan fingerprint density at radius 1 is 0.605 bits per heavy atom. The molecule has 0 bridgehead atoms. The first kappa shape index (κ1) is 32.7. The standard InChI is InChI=1S/C30H50ClP3Si4/c1-21-15-17-25(35(5,6)7)32-27(21)37(11,12)29-23(3)24(4)30(34(29)20-19-31)38(13,14)28-22(2)16-18-26(33-28)36(8,9)10/h15-18H,19-20H2,1-14H3. The Balaban J connectivity index is 2.35. The Labute approximate surface area is 247 Å². The lowest BCUT2D eigenvalue weighted by Crippen LogP contribution is -2.55. The molecular formula is C30H50ClP3Si4. The van der Waals surface area contributed by atoms with Crippen molar-refractivity contribution >= 4 is 97.3 Å². The fourth-order valence-electron chi connectivity index (χ4n) is 6.17. The molecule has 0 atom stereocenters. The third kappa shape index (κ3) is 6.19. The van der Waals surface area contributed by atoms with Gasteiger partial charge in [0, 0.05) is 5.88 Å². The SMILES string of the molecule is Cc1ccc([Si](C)(C)C)pc1[Si](C)(C)c1c(C)c(C)c([Si](C)(C)c2pc([Si](C)(C)C)ccc2C)p1CCCl. The van der Waals surface area contributed by atoms with Crippen molar-refractivity contribution < 1.29 is 0 Å². The lowest BCUT2D eigenvalue weighted by atomic mass is 10.2. The van der Waals surface area contributed by atoms with Gasteiger partial charge in [-0.05, 0) is 85.6 Å². The largest absolute Gasteiger partial charge is 0.126 e. The predicted octanol–water partition coefficient (Wildman–Crippen LogP) is 8.04. The van der Waals surface area contributed by atoms with Gasteiger partial charge in [0.1, 0.15) is 16.1 Å². The topological polar surface area (TPSA) is 0 Å². The zero-order valence-corrected chi connectivity index (χ0v) is 33.9. The number of hydrogen-bond acceptors (Lipinski definition) is 0. The lowest BCUT2D eigenvalue weighted by molar-refractivity contribution is 1.40. The van der Waals surface area contributed by atoms with Gasteiger partial charge < -0.3 is 0 Å². The van der Waals surface area contributed by atoms with Crippen LogP contribution in [0.15, 0.2) is 24.3 Å². The summed E-state index contributed by atoms with van der Waals surface area (Å²) in [6.07, 6.45) is 1.14. The van der Waals surface area contributed by atoms with Crippen LogP contribution >= 0.6 is 35.5 Å². The molecule has 0 aliphatic carbocycles. The minimum absolute atomic E-state index is 0.370. The van der Waals surface area contributed by atoms with Gasteiger partial charge in [0.05, 0.1) is 16.1 Å². The molecule has 0 saturated heterocycles. The summed E-state index contributed by atoms with van der Waals surface area (Å²) in [4.78, 5) is 10.6. The maximum Gasteiger partial charge on any atom is 0.123 e. The van der Waals surface area contributed by atoms with E-state index in [9.17, 15) is 0 Å². The van der Waals surface area contributed by atoms with E-state index in [2.05, 4.69) is 117 Å². The van der Waals surface area contributed by atoms with Gasteiger partial charge in [-0.1, -0.05) is 106 Å². The molecule has 3 aromatic rings. The van der Waals surface area contributed by atoms with Gasteiger partial charge in [-0.3, -0.25) is 0 Å². The molecule has 0 aliphatic heterocycles. The fourth-order valence-corrected chi connectivity index (χ4v) is 31.9. The highest BCUT2D eigenvalue weighted by Gasteiger charge is 2.41. The van der Waals surface area contributed by atoms with Crippen molar-refractivity contribution in [1.29, 1.82) is 0 Å². The average Bonchev–Trinajstić information content (AvgIpc) is 3.03. The van der Waals surface area contributed by atoms with Crippen LogP contribution in [-0.2, 0) is 6.16 Å². The van der Waals surface area contributed by atoms with Crippen LogP contribution in [0.2, 0.25) is 65.5 Å². The maximum atomic E-state index is 6.66. The van der Waals surface area contributed by atoms with E-state index in [0.29, 0.717) is 0 Å². The monoisotopic (exact) mass is 650 g/mol. The summed E-state index contributed by atoms with van der Waals surface area (Å²) < 4.78 is 0. The molecule has 0 aliphatic rings. The third-order valence-corrected chi connectivity index (χ3v) is 36.4. The first-order valence-electron chi connectivity index (χ1n) is 14.0. The van der Waals surface area contributed by atoms with Crippen LogP contribution < -0.4 is 29.5 Å². The van der Waals surface area contributed by atoms with Crippen LogP contribution in [0.5, 0.6) is 0 Å². The molecule has 0 saturated carbocycles. The first-order chi connectivity index (χ1) is 17.3. The highest BCUT2D eigenvalue weighted by molar-refractivity contribution is 7.68. The molecule has 0 nitrogen and oxygen atoms in total. The van der Waals surface area contributed by atoms with Crippen molar-refractivity contribution in [2.45, 2.75) is 99.3 Å². The molecule has 3 heterocycles. The van der Waals surface area contributed by atoms with E-state index in [-0.39, 0.29) is 7.53 Å². The van der Waals surface area contributed by atoms with Gasteiger partial charge in [0.25, 0.3) is 0 Å². The zero-order valence-electron chi connectivity index (χ0n) is 26.4. The molecule has 8 heteroatoms. The number of rotatable bonds is 8. The number of aryl methyl sites for hydroxylation is 2. The quantitative estimate of drug-likeness (QED) is 0.171. The number of halogens is 1. The van der Waals surface area contributed by atoms with Gasteiger partial charge in [0.15, 0.2) is 0 Å². The van der Waals surface area contributed by atoms with Gasteiger partial charge in [-0.2, -0.15) is 0 Å². The summed E-state index contributed by atoms with van der Waals surface area (Å²) in [6, 6.07) is 9.80. The Bertz CT molecular complexity index is 1250. The molecule has 0 spiro atoms. The van der Waals surface area contributed by atoms with E-state index in [1.54, 1.807) is 30.8 Å². The minimum Gasteiger partial charge on any atom is -0.126 e. The highest BCUT2D eigenvalue weighted by Crippen LogP contribution is 2.37.